The normalized spacial score (nSPS) is 19.2. The van der Waals surface area contributed by atoms with Gasteiger partial charge in [0.05, 0.1) is 5.92 Å². The third kappa shape index (κ3) is 2.76. The van der Waals surface area contributed by atoms with Gasteiger partial charge in [0.1, 0.15) is 11.6 Å². The molecule has 0 bridgehead atoms. The molecule has 1 heterocycles. The van der Waals surface area contributed by atoms with Gasteiger partial charge in [-0.2, -0.15) is 4.98 Å². The number of benzene rings is 1. The molecule has 1 aromatic carbocycles. The maximum absolute atomic E-state index is 12.8. The minimum absolute atomic E-state index is 0.188. The lowest BCUT2D eigenvalue weighted by atomic mass is 9.88. The summed E-state index contributed by atoms with van der Waals surface area (Å²) in [5, 5.41) is 3.91. The van der Waals surface area contributed by atoms with Crippen LogP contribution in [0.15, 0.2) is 28.8 Å². The molecule has 0 spiro atoms. The van der Waals surface area contributed by atoms with E-state index in [1.807, 2.05) is 0 Å². The van der Waals surface area contributed by atoms with Crippen LogP contribution < -0.4 is 0 Å². The third-order valence-electron chi connectivity index (χ3n) is 3.61. The van der Waals surface area contributed by atoms with Gasteiger partial charge in [0.2, 0.25) is 5.89 Å². The van der Waals surface area contributed by atoms with Gasteiger partial charge in [-0.05, 0) is 30.5 Å². The van der Waals surface area contributed by atoms with Gasteiger partial charge in [-0.25, -0.2) is 4.39 Å². The molecule has 1 saturated carbocycles. The number of carbonyl (C=O) groups is 1. The summed E-state index contributed by atoms with van der Waals surface area (Å²) in [4.78, 5) is 16.1. The quantitative estimate of drug-likeness (QED) is 0.863. The topological polar surface area (TPSA) is 56.0 Å². The largest absolute Gasteiger partial charge is 0.339 e. The van der Waals surface area contributed by atoms with Gasteiger partial charge in [0.15, 0.2) is 5.82 Å². The predicted octanol–water partition coefficient (Wildman–Crippen LogP) is 3.03. The van der Waals surface area contributed by atoms with Gasteiger partial charge >= 0.3 is 0 Å². The smallest absolute Gasteiger partial charge is 0.237 e. The zero-order chi connectivity index (χ0) is 13.9. The highest BCUT2D eigenvalue weighted by atomic mass is 19.1. The van der Waals surface area contributed by atoms with E-state index in [4.69, 9.17) is 4.52 Å². The first-order chi connectivity index (χ1) is 9.72. The Morgan fingerprint density at radius 1 is 1.25 bits per heavy atom. The summed E-state index contributed by atoms with van der Waals surface area (Å²) in [7, 11) is 0. The van der Waals surface area contributed by atoms with E-state index in [0.29, 0.717) is 24.6 Å². The molecule has 0 radical (unpaired) electrons. The van der Waals surface area contributed by atoms with Crippen molar-refractivity contribution in [3.63, 3.8) is 0 Å². The van der Waals surface area contributed by atoms with Gasteiger partial charge < -0.3 is 4.52 Å². The summed E-state index contributed by atoms with van der Waals surface area (Å²) < 4.78 is 18.0. The molecule has 1 unspecified atom stereocenters. The molecule has 1 atom stereocenters. The van der Waals surface area contributed by atoms with E-state index in [1.165, 1.54) is 12.1 Å². The van der Waals surface area contributed by atoms with E-state index in [0.717, 1.165) is 24.8 Å². The average molecular weight is 274 g/mol. The number of halogens is 1. The van der Waals surface area contributed by atoms with E-state index in [9.17, 15) is 9.18 Å². The summed E-state index contributed by atoms with van der Waals surface area (Å²) in [6.07, 6.45) is 3.83. The number of ketones is 1. The lowest BCUT2D eigenvalue weighted by molar-refractivity contribution is -0.122. The fourth-order valence-corrected chi connectivity index (χ4v) is 2.51. The number of nitrogens with zero attached hydrogens (tertiary/aromatic N) is 2. The number of hydrogen-bond acceptors (Lipinski definition) is 4. The molecule has 20 heavy (non-hydrogen) atoms. The van der Waals surface area contributed by atoms with Crippen LogP contribution in [0.4, 0.5) is 4.39 Å². The van der Waals surface area contributed by atoms with Crippen LogP contribution >= 0.6 is 0 Å². The highest BCUT2D eigenvalue weighted by Crippen LogP contribution is 2.28. The van der Waals surface area contributed by atoms with Crippen molar-refractivity contribution in [3.8, 4) is 0 Å². The fraction of sp³-hybridized carbons (Fsp3) is 0.400. The lowest BCUT2D eigenvalue weighted by Crippen LogP contribution is -2.17. The Bertz CT molecular complexity index is 607. The van der Waals surface area contributed by atoms with E-state index < -0.39 is 0 Å². The van der Waals surface area contributed by atoms with E-state index in [-0.39, 0.29) is 17.5 Å². The highest BCUT2D eigenvalue weighted by molar-refractivity contribution is 5.85. The number of rotatable bonds is 3. The van der Waals surface area contributed by atoms with Gasteiger partial charge in [0.25, 0.3) is 0 Å². The number of hydrogen-bond donors (Lipinski definition) is 0. The second-order valence-electron chi connectivity index (χ2n) is 5.12. The van der Waals surface area contributed by atoms with Crippen molar-refractivity contribution in [2.45, 2.75) is 38.0 Å². The zero-order valence-electron chi connectivity index (χ0n) is 11.0. The molecule has 0 aliphatic heterocycles. The summed E-state index contributed by atoms with van der Waals surface area (Å²) >= 11 is 0. The van der Waals surface area contributed by atoms with Crippen LogP contribution in [-0.4, -0.2) is 15.9 Å². The molecule has 0 N–H and O–H groups in total. The van der Waals surface area contributed by atoms with Gasteiger partial charge in [-0.3, -0.25) is 4.79 Å². The minimum Gasteiger partial charge on any atom is -0.339 e. The monoisotopic (exact) mass is 274 g/mol. The SMILES string of the molecule is O=C1CCCCC1c1nc(Cc2ccc(F)cc2)no1. The van der Waals surface area contributed by atoms with Crippen molar-refractivity contribution < 1.29 is 13.7 Å². The van der Waals surface area contributed by atoms with Crippen molar-refractivity contribution in [2.24, 2.45) is 0 Å². The van der Waals surface area contributed by atoms with Crippen LogP contribution in [0.25, 0.3) is 0 Å². The Morgan fingerprint density at radius 2 is 2.05 bits per heavy atom. The molecule has 0 saturated heterocycles. The number of carbonyl (C=O) groups excluding carboxylic acids is 1. The van der Waals surface area contributed by atoms with Crippen LogP contribution in [-0.2, 0) is 11.2 Å². The molecule has 1 aliphatic rings. The fourth-order valence-electron chi connectivity index (χ4n) is 2.51. The van der Waals surface area contributed by atoms with E-state index >= 15 is 0 Å². The molecule has 4 nitrogen and oxygen atoms in total. The molecule has 0 amide bonds. The molecule has 1 aliphatic carbocycles. The molecular weight excluding hydrogens is 259 g/mol. The van der Waals surface area contributed by atoms with Crippen LogP contribution in [0.1, 0.15) is 48.9 Å². The average Bonchev–Trinajstić information content (AvgIpc) is 2.90. The lowest BCUT2D eigenvalue weighted by Gasteiger charge is -2.16. The minimum atomic E-state index is -0.268. The van der Waals surface area contributed by atoms with Crippen molar-refractivity contribution in [3.05, 3.63) is 47.4 Å². The summed E-state index contributed by atoms with van der Waals surface area (Å²) in [5.41, 5.74) is 0.911. The van der Waals surface area contributed by atoms with Crippen LogP contribution in [0, 0.1) is 5.82 Å². The molecule has 3 rings (SSSR count). The van der Waals surface area contributed by atoms with Gasteiger partial charge in [-0.15, -0.1) is 0 Å². The van der Waals surface area contributed by atoms with E-state index in [1.54, 1.807) is 12.1 Å². The zero-order valence-corrected chi connectivity index (χ0v) is 11.0. The first-order valence-corrected chi connectivity index (χ1v) is 6.82. The molecule has 1 fully saturated rings. The van der Waals surface area contributed by atoms with Crippen LogP contribution in [0.2, 0.25) is 0 Å². The maximum Gasteiger partial charge on any atom is 0.237 e. The van der Waals surface area contributed by atoms with Gasteiger partial charge in [0, 0.05) is 12.8 Å². The van der Waals surface area contributed by atoms with Crippen molar-refractivity contribution in [2.75, 3.05) is 0 Å². The standard InChI is InChI=1S/C15H15FN2O2/c16-11-7-5-10(6-8-11)9-14-17-15(20-18-14)12-3-1-2-4-13(12)19/h5-8,12H,1-4,9H2. The Labute approximate surface area is 116 Å². The Balaban J connectivity index is 1.73. The van der Waals surface area contributed by atoms with Crippen molar-refractivity contribution in [1.29, 1.82) is 0 Å². The molecule has 104 valence electrons. The van der Waals surface area contributed by atoms with Crippen LogP contribution in [0.3, 0.4) is 0 Å². The van der Waals surface area contributed by atoms with Crippen molar-refractivity contribution >= 4 is 5.78 Å². The molecule has 1 aromatic heterocycles. The molecular formula is C15H15FN2O2. The van der Waals surface area contributed by atoms with E-state index in [2.05, 4.69) is 10.1 Å². The second kappa shape index (κ2) is 5.53. The number of Topliss-reactive ketones (excluding diaryl/α,β-unsaturated/α-hetero) is 1. The summed E-state index contributed by atoms with van der Waals surface area (Å²) in [5.74, 6) is 0.638. The summed E-state index contributed by atoms with van der Waals surface area (Å²) in [6, 6.07) is 6.19. The third-order valence-corrected chi connectivity index (χ3v) is 3.61. The van der Waals surface area contributed by atoms with Gasteiger partial charge in [-0.1, -0.05) is 23.7 Å². The first-order valence-electron chi connectivity index (χ1n) is 6.82. The predicted molar refractivity (Wildman–Crippen MR) is 69.7 cm³/mol. The highest BCUT2D eigenvalue weighted by Gasteiger charge is 2.28. The number of aromatic nitrogens is 2. The molecule has 2 aromatic rings. The Kier molecular flexibility index (Phi) is 3.58. The first kappa shape index (κ1) is 13.0. The van der Waals surface area contributed by atoms with Crippen molar-refractivity contribution in [1.82, 2.24) is 10.1 Å². The second-order valence-corrected chi connectivity index (χ2v) is 5.12. The summed E-state index contributed by atoms with van der Waals surface area (Å²) in [6.45, 7) is 0. The molecule has 5 heteroatoms. The van der Waals surface area contributed by atoms with Crippen LogP contribution in [0.5, 0.6) is 0 Å². The Hall–Kier alpha value is -2.04. The Morgan fingerprint density at radius 3 is 2.80 bits per heavy atom. The maximum atomic E-state index is 12.8.